The van der Waals surface area contributed by atoms with Gasteiger partial charge in [-0.05, 0) is 32.6 Å². The smallest absolute Gasteiger partial charge is 0.320 e. The van der Waals surface area contributed by atoms with E-state index < -0.39 is 7.60 Å². The first kappa shape index (κ1) is 33.8. The summed E-state index contributed by atoms with van der Waals surface area (Å²) in [6.45, 7) is 4.57. The van der Waals surface area contributed by atoms with Gasteiger partial charge < -0.3 is 13.9 Å². The highest BCUT2D eigenvalue weighted by Gasteiger charge is 2.41. The highest BCUT2D eigenvalue weighted by molar-refractivity contribution is 7.53. The molecule has 0 saturated heterocycles. The third-order valence-electron chi connectivity index (χ3n) is 6.84. The van der Waals surface area contributed by atoms with Crippen LogP contribution in [-0.2, 0) is 9.09 Å². The van der Waals surface area contributed by atoms with E-state index in [9.17, 15) is 9.46 Å². The van der Waals surface area contributed by atoms with E-state index in [0.717, 1.165) is 25.7 Å². The van der Waals surface area contributed by atoms with Gasteiger partial charge in [0.1, 0.15) is 0 Å². The molecule has 0 fully saturated rings. The van der Waals surface area contributed by atoms with Crippen molar-refractivity contribution in [3.8, 4) is 0 Å². The molecule has 0 aromatic carbocycles. The Hall–Kier alpha value is -0.150. The van der Waals surface area contributed by atoms with E-state index >= 15 is 0 Å². The molecule has 0 aliphatic carbocycles. The third kappa shape index (κ3) is 20.1. The van der Waals surface area contributed by atoms with Crippen LogP contribution in [0, 0.1) is 0 Å². The third-order valence-corrected chi connectivity index (χ3v) is 9.10. The summed E-state index contributed by atoms with van der Waals surface area (Å²) in [4.78, 5) is 10.4. The van der Waals surface area contributed by atoms with Gasteiger partial charge in [-0.1, -0.05) is 115 Å². The van der Waals surface area contributed by atoms with Gasteiger partial charge in [0, 0.05) is 6.42 Å². The molecule has 5 heteroatoms. The summed E-state index contributed by atoms with van der Waals surface area (Å²) in [5, 5.41) is 0. The Bertz CT molecular complexity index is 516. The molecule has 204 valence electrons. The number of rotatable bonds is 25. The van der Waals surface area contributed by atoms with Gasteiger partial charge in [0.15, 0.2) is 5.78 Å². The van der Waals surface area contributed by atoms with Crippen LogP contribution in [-0.4, -0.2) is 42.9 Å². The molecule has 0 saturated carbocycles. The summed E-state index contributed by atoms with van der Waals surface area (Å²) in [5.74, 6) is -0.333. The second-order valence-corrected chi connectivity index (χ2v) is 13.1. The number of hydrogen-bond acceptors (Lipinski definition) is 2. The van der Waals surface area contributed by atoms with Crippen molar-refractivity contribution in [1.82, 2.24) is 0 Å². The van der Waals surface area contributed by atoms with Gasteiger partial charge in [0.25, 0.3) is 0 Å². The molecule has 34 heavy (non-hydrogen) atoms. The zero-order valence-electron chi connectivity index (χ0n) is 23.7. The molecule has 0 aliphatic rings. The zero-order chi connectivity index (χ0) is 25.5. The maximum Gasteiger partial charge on any atom is 0.385 e. The average Bonchev–Trinajstić information content (AvgIpc) is 2.77. The summed E-state index contributed by atoms with van der Waals surface area (Å²) in [6, 6.07) is 0. The van der Waals surface area contributed by atoms with Crippen molar-refractivity contribution in [2.45, 2.75) is 148 Å². The first-order valence-electron chi connectivity index (χ1n) is 14.6. The molecule has 4 nitrogen and oxygen atoms in total. The molecule has 0 rings (SSSR count). The van der Waals surface area contributed by atoms with Crippen LogP contribution in [0.4, 0.5) is 0 Å². The summed E-state index contributed by atoms with van der Waals surface area (Å²) in [7, 11) is 2.36. The van der Waals surface area contributed by atoms with Gasteiger partial charge in [0.2, 0.25) is 0 Å². The molecule has 0 bridgehead atoms. The molecule has 2 unspecified atom stereocenters. The maximum atomic E-state index is 12.7. The highest BCUT2D eigenvalue weighted by atomic mass is 31.2. The van der Waals surface area contributed by atoms with E-state index in [1.807, 2.05) is 21.1 Å². The molecule has 0 spiro atoms. The zero-order valence-corrected chi connectivity index (χ0v) is 24.6. The van der Waals surface area contributed by atoms with Crippen molar-refractivity contribution in [3.63, 3.8) is 0 Å². The minimum Gasteiger partial charge on any atom is -0.320 e. The Labute approximate surface area is 214 Å². The van der Waals surface area contributed by atoms with Gasteiger partial charge in [0.05, 0.1) is 27.7 Å². The van der Waals surface area contributed by atoms with E-state index in [2.05, 4.69) is 26.0 Å². The lowest BCUT2D eigenvalue weighted by atomic mass is 10.0. The summed E-state index contributed by atoms with van der Waals surface area (Å²) < 4.78 is 18.6. The molecule has 0 radical (unpaired) electrons. The van der Waals surface area contributed by atoms with E-state index in [-0.39, 0.29) is 5.78 Å². The quantitative estimate of drug-likeness (QED) is 0.0585. The van der Waals surface area contributed by atoms with Gasteiger partial charge in [-0.3, -0.25) is 4.57 Å². The molecular weight excluding hydrogens is 441 g/mol. The van der Waals surface area contributed by atoms with Crippen LogP contribution in [0.3, 0.4) is 0 Å². The predicted molar refractivity (Wildman–Crippen MR) is 150 cm³/mol. The predicted octanol–water partition coefficient (Wildman–Crippen LogP) is 9.62. The first-order valence-corrected chi connectivity index (χ1v) is 16.3. The van der Waals surface area contributed by atoms with Gasteiger partial charge in [-0.15, -0.1) is 0 Å². The van der Waals surface area contributed by atoms with E-state index in [4.69, 9.17) is 4.52 Å². The number of unbranched alkanes of at least 4 members (excludes halogenated alkanes) is 17. The van der Waals surface area contributed by atoms with Crippen molar-refractivity contribution in [2.24, 2.45) is 0 Å². The van der Waals surface area contributed by atoms with Crippen LogP contribution < -0.4 is 0 Å². The topological polar surface area (TPSA) is 46.5 Å². The first-order chi connectivity index (χ1) is 16.3. The normalized spacial score (nSPS) is 15.1. The number of quaternary nitrogens is 1. The van der Waals surface area contributed by atoms with E-state index in [1.54, 1.807) is 0 Å². The molecule has 1 N–H and O–H groups in total. The van der Waals surface area contributed by atoms with Crippen LogP contribution in [0.25, 0.3) is 0 Å². The van der Waals surface area contributed by atoms with E-state index in [0.29, 0.717) is 11.1 Å². The average molecular weight is 503 g/mol. The van der Waals surface area contributed by atoms with Crippen LogP contribution >= 0.6 is 7.60 Å². The van der Waals surface area contributed by atoms with E-state index in [1.165, 1.54) is 103 Å². The molecule has 0 heterocycles. The highest BCUT2D eigenvalue weighted by Crippen LogP contribution is 2.51. The van der Waals surface area contributed by atoms with Crippen LogP contribution in [0.2, 0.25) is 0 Å². The molecule has 2 atom stereocenters. The number of nitrogens with zero attached hydrogens (tertiary/aromatic N) is 1. The lowest BCUT2D eigenvalue weighted by Gasteiger charge is -2.35. The summed E-state index contributed by atoms with van der Waals surface area (Å²) >= 11 is 0. The Morgan fingerprint density at radius 1 is 0.735 bits per heavy atom. The van der Waals surface area contributed by atoms with Gasteiger partial charge >= 0.3 is 7.60 Å². The largest absolute Gasteiger partial charge is 0.385 e. The molecule has 0 aliphatic heterocycles. The van der Waals surface area contributed by atoms with Crippen LogP contribution in [0.1, 0.15) is 142 Å². The number of hydrogen-bond donors (Lipinski definition) is 1. The fourth-order valence-electron chi connectivity index (χ4n) is 4.71. The summed E-state index contributed by atoms with van der Waals surface area (Å²) in [6.07, 6.45) is 30.0. The Morgan fingerprint density at radius 3 is 1.47 bits per heavy atom. The molecule has 0 amide bonds. The van der Waals surface area contributed by atoms with Crippen molar-refractivity contribution in [1.29, 1.82) is 0 Å². The maximum absolute atomic E-state index is 12.7. The second-order valence-electron chi connectivity index (χ2n) is 11.2. The molecular formula is C29H61NO3P+. The Balaban J connectivity index is 3.43. The minimum absolute atomic E-state index is 0.333. The Kier molecular flexibility index (Phi) is 22.0. The Morgan fingerprint density at radius 2 is 1.12 bits per heavy atom. The van der Waals surface area contributed by atoms with Crippen molar-refractivity contribution in [2.75, 3.05) is 27.7 Å². The van der Waals surface area contributed by atoms with Crippen molar-refractivity contribution >= 4 is 7.60 Å². The monoisotopic (exact) mass is 502 g/mol. The summed E-state index contributed by atoms with van der Waals surface area (Å²) in [5.41, 5.74) is 0. The minimum atomic E-state index is -3.57. The van der Waals surface area contributed by atoms with Crippen LogP contribution in [0.15, 0.2) is 12.2 Å². The fraction of sp³-hybridized carbons (Fsp3) is 0.931. The van der Waals surface area contributed by atoms with Crippen molar-refractivity contribution < 1.29 is 18.5 Å². The molecule has 0 aromatic heterocycles. The molecule has 0 aromatic rings. The lowest BCUT2D eigenvalue weighted by Crippen LogP contribution is -2.45. The van der Waals surface area contributed by atoms with Crippen molar-refractivity contribution in [3.05, 3.63) is 12.2 Å². The van der Waals surface area contributed by atoms with Gasteiger partial charge in [-0.25, -0.2) is 0 Å². The SMILES string of the molecule is CC=CCCCCCCCCCCCCCCCCCCCOP(=O)(O)C(CCC)[N+](C)(C)C. The fourth-order valence-corrected chi connectivity index (χ4v) is 6.73. The van der Waals surface area contributed by atoms with Gasteiger partial charge in [-0.2, -0.15) is 0 Å². The lowest BCUT2D eigenvalue weighted by molar-refractivity contribution is -0.883. The van der Waals surface area contributed by atoms with Crippen LogP contribution in [0.5, 0.6) is 0 Å². The second kappa shape index (κ2) is 22.1. The standard InChI is InChI=1S/C29H60NO3P/c1-6-8-9-10-11-12-13-14-15-16-17-18-19-20-21-22-23-24-25-26-28-33-34(31,32)29(27-7-2)30(3,4)5/h6,8,29H,7,9-28H2,1-5H3/p+1. The number of allylic oxidation sites excluding steroid dienone is 2.